The quantitative estimate of drug-likeness (QED) is 0.643. The second kappa shape index (κ2) is 4.36. The number of carboxylic acids is 1. The summed E-state index contributed by atoms with van der Waals surface area (Å²) in [6, 6.07) is 0. The van der Waals surface area contributed by atoms with Crippen LogP contribution < -0.4 is 0 Å². The topological polar surface area (TPSA) is 40.5 Å². The Hall–Kier alpha value is -0.540. The number of carbonyl (C=O) groups is 1. The molecule has 0 aromatic heterocycles. The Kier molecular flexibility index (Phi) is 4.15. The molecular formula is C7H12ClNO2. The van der Waals surface area contributed by atoms with Crippen LogP contribution in [0.2, 0.25) is 0 Å². The summed E-state index contributed by atoms with van der Waals surface area (Å²) in [5, 5.41) is 8.56. The van der Waals surface area contributed by atoms with E-state index in [4.69, 9.17) is 5.11 Å². The number of rotatable bonds is 1. The fraction of sp³-hybridized carbons (Fsp3) is 0.571. The molecule has 1 rings (SSSR count). The molecule has 0 atom stereocenters. The monoisotopic (exact) mass is 177 g/mol. The first kappa shape index (κ1) is 10.5. The van der Waals surface area contributed by atoms with Crippen LogP contribution in [-0.4, -0.2) is 36.1 Å². The number of hydrogen-bond acceptors (Lipinski definition) is 2. The van der Waals surface area contributed by atoms with Crippen LogP contribution in [0.1, 0.15) is 6.42 Å². The average Bonchev–Trinajstić information content (AvgIpc) is 1.88. The zero-order chi connectivity index (χ0) is 7.56. The first-order chi connectivity index (χ1) is 4.70. The minimum atomic E-state index is -0.786. The molecule has 0 fully saturated rings. The lowest BCUT2D eigenvalue weighted by atomic mass is 10.1. The molecule has 0 spiro atoms. The van der Waals surface area contributed by atoms with Crippen molar-refractivity contribution in [3.63, 3.8) is 0 Å². The SMILES string of the molecule is CN1CCC=C(C(=O)O)C1.Cl. The Morgan fingerprint density at radius 2 is 2.36 bits per heavy atom. The van der Waals surface area contributed by atoms with E-state index >= 15 is 0 Å². The third-order valence-corrected chi connectivity index (χ3v) is 1.62. The van der Waals surface area contributed by atoms with Gasteiger partial charge in [-0.3, -0.25) is 0 Å². The molecule has 1 aliphatic heterocycles. The Balaban J connectivity index is 0.000001000. The smallest absolute Gasteiger partial charge is 0.332 e. The fourth-order valence-electron chi connectivity index (χ4n) is 1.05. The van der Waals surface area contributed by atoms with Crippen LogP contribution in [-0.2, 0) is 4.79 Å². The second-order valence-corrected chi connectivity index (χ2v) is 2.56. The van der Waals surface area contributed by atoms with Gasteiger partial charge in [-0.25, -0.2) is 4.79 Å². The van der Waals surface area contributed by atoms with Gasteiger partial charge in [0, 0.05) is 18.7 Å². The van der Waals surface area contributed by atoms with Crippen LogP contribution in [0.5, 0.6) is 0 Å². The molecule has 0 unspecified atom stereocenters. The van der Waals surface area contributed by atoms with Gasteiger partial charge in [-0.1, -0.05) is 6.08 Å². The lowest BCUT2D eigenvalue weighted by Crippen LogP contribution is -2.28. The Labute approximate surface area is 72.1 Å². The maximum Gasteiger partial charge on any atom is 0.332 e. The molecule has 1 N–H and O–H groups in total. The van der Waals surface area contributed by atoms with Gasteiger partial charge >= 0.3 is 5.97 Å². The minimum Gasteiger partial charge on any atom is -0.478 e. The van der Waals surface area contributed by atoms with Crippen molar-refractivity contribution in [1.82, 2.24) is 4.90 Å². The third-order valence-electron chi connectivity index (χ3n) is 1.62. The van der Waals surface area contributed by atoms with Crippen molar-refractivity contribution in [1.29, 1.82) is 0 Å². The van der Waals surface area contributed by atoms with Crippen LogP contribution in [0.15, 0.2) is 11.6 Å². The van der Waals surface area contributed by atoms with E-state index in [1.807, 2.05) is 11.9 Å². The first-order valence-electron chi connectivity index (χ1n) is 3.31. The van der Waals surface area contributed by atoms with Gasteiger partial charge < -0.3 is 10.0 Å². The summed E-state index contributed by atoms with van der Waals surface area (Å²) in [4.78, 5) is 12.4. The van der Waals surface area contributed by atoms with Gasteiger partial charge in [-0.2, -0.15) is 0 Å². The van der Waals surface area contributed by atoms with Crippen molar-refractivity contribution in [2.75, 3.05) is 20.1 Å². The molecule has 64 valence electrons. The molecule has 0 aromatic rings. The van der Waals surface area contributed by atoms with Crippen LogP contribution in [0.3, 0.4) is 0 Å². The lowest BCUT2D eigenvalue weighted by molar-refractivity contribution is -0.133. The van der Waals surface area contributed by atoms with Crippen LogP contribution in [0.4, 0.5) is 0 Å². The summed E-state index contributed by atoms with van der Waals surface area (Å²) in [5.74, 6) is -0.786. The summed E-state index contributed by atoms with van der Waals surface area (Å²) in [6.07, 6.45) is 2.65. The summed E-state index contributed by atoms with van der Waals surface area (Å²) in [7, 11) is 1.93. The van der Waals surface area contributed by atoms with E-state index in [0.717, 1.165) is 13.0 Å². The summed E-state index contributed by atoms with van der Waals surface area (Å²) in [6.45, 7) is 1.55. The molecule has 0 saturated heterocycles. The highest BCUT2D eigenvalue weighted by Gasteiger charge is 2.13. The highest BCUT2D eigenvalue weighted by molar-refractivity contribution is 5.87. The number of hydrogen-bond donors (Lipinski definition) is 1. The largest absolute Gasteiger partial charge is 0.478 e. The zero-order valence-corrected chi connectivity index (χ0v) is 7.23. The molecule has 0 aliphatic carbocycles. The number of nitrogens with zero attached hydrogens (tertiary/aromatic N) is 1. The minimum absolute atomic E-state index is 0. The van der Waals surface area contributed by atoms with Crippen molar-refractivity contribution >= 4 is 18.4 Å². The second-order valence-electron chi connectivity index (χ2n) is 2.56. The van der Waals surface area contributed by atoms with Gasteiger partial charge in [0.25, 0.3) is 0 Å². The molecule has 0 aromatic carbocycles. The van der Waals surface area contributed by atoms with Gasteiger partial charge in [-0.05, 0) is 13.5 Å². The van der Waals surface area contributed by atoms with Crippen molar-refractivity contribution in [2.24, 2.45) is 0 Å². The van der Waals surface area contributed by atoms with E-state index in [2.05, 4.69) is 0 Å². The van der Waals surface area contributed by atoms with Crippen LogP contribution in [0, 0.1) is 0 Å². The molecule has 1 heterocycles. The first-order valence-corrected chi connectivity index (χ1v) is 3.31. The van der Waals surface area contributed by atoms with Crippen molar-refractivity contribution < 1.29 is 9.90 Å². The molecule has 1 aliphatic rings. The van der Waals surface area contributed by atoms with Gasteiger partial charge in [-0.15, -0.1) is 12.4 Å². The van der Waals surface area contributed by atoms with E-state index < -0.39 is 5.97 Å². The summed E-state index contributed by atoms with van der Waals surface area (Å²) in [5.41, 5.74) is 0.522. The molecule has 0 saturated carbocycles. The number of halogens is 1. The molecule has 0 amide bonds. The van der Waals surface area contributed by atoms with Gasteiger partial charge in [0.15, 0.2) is 0 Å². The molecule has 0 bridgehead atoms. The lowest BCUT2D eigenvalue weighted by Gasteiger charge is -2.20. The van der Waals surface area contributed by atoms with Crippen molar-refractivity contribution in [2.45, 2.75) is 6.42 Å². The van der Waals surface area contributed by atoms with Crippen LogP contribution >= 0.6 is 12.4 Å². The van der Waals surface area contributed by atoms with E-state index in [1.54, 1.807) is 6.08 Å². The van der Waals surface area contributed by atoms with E-state index in [1.165, 1.54) is 0 Å². The Bertz CT molecular complexity index is 179. The average molecular weight is 178 g/mol. The van der Waals surface area contributed by atoms with Gasteiger partial charge in [0.2, 0.25) is 0 Å². The van der Waals surface area contributed by atoms with Crippen LogP contribution in [0.25, 0.3) is 0 Å². The maximum absolute atomic E-state index is 10.4. The number of likely N-dealkylation sites (N-methyl/N-ethyl adjacent to an activating group) is 1. The van der Waals surface area contributed by atoms with E-state index in [-0.39, 0.29) is 12.4 Å². The summed E-state index contributed by atoms with van der Waals surface area (Å²) >= 11 is 0. The maximum atomic E-state index is 10.4. The van der Waals surface area contributed by atoms with Crippen molar-refractivity contribution in [3.05, 3.63) is 11.6 Å². The predicted molar refractivity (Wildman–Crippen MR) is 45.1 cm³/mol. The standard InChI is InChI=1S/C7H11NO2.ClH/c1-8-4-2-3-6(5-8)7(9)10;/h3H,2,4-5H2,1H3,(H,9,10);1H. The Morgan fingerprint density at radius 3 is 2.73 bits per heavy atom. The third kappa shape index (κ3) is 2.91. The Morgan fingerprint density at radius 1 is 1.73 bits per heavy atom. The highest BCUT2D eigenvalue weighted by Crippen LogP contribution is 2.06. The summed E-state index contributed by atoms with van der Waals surface area (Å²) < 4.78 is 0. The normalized spacial score (nSPS) is 18.5. The van der Waals surface area contributed by atoms with Gasteiger partial charge in [0.1, 0.15) is 0 Å². The molecule has 11 heavy (non-hydrogen) atoms. The van der Waals surface area contributed by atoms with E-state index in [0.29, 0.717) is 12.1 Å². The van der Waals surface area contributed by atoms with Crippen molar-refractivity contribution in [3.8, 4) is 0 Å². The predicted octanol–water partition coefficient (Wildman–Crippen LogP) is 0.755. The van der Waals surface area contributed by atoms with Gasteiger partial charge in [0.05, 0.1) is 0 Å². The highest BCUT2D eigenvalue weighted by atomic mass is 35.5. The number of aliphatic carboxylic acids is 1. The molecule has 3 nitrogen and oxygen atoms in total. The molecule has 4 heteroatoms. The fourth-order valence-corrected chi connectivity index (χ4v) is 1.05. The molecule has 0 radical (unpaired) electrons. The molecular weight excluding hydrogens is 166 g/mol. The zero-order valence-electron chi connectivity index (χ0n) is 6.41. The number of carboxylic acid groups (broad SMARTS) is 1. The van der Waals surface area contributed by atoms with E-state index in [9.17, 15) is 4.79 Å².